The number of hydrogen-bond donors (Lipinski definition) is 2. The quantitative estimate of drug-likeness (QED) is 0.410. The molecule has 1 amide bonds. The number of carboxylic acid groups (broad SMARTS) is 1. The lowest BCUT2D eigenvalue weighted by Gasteiger charge is -2.32. The molecule has 34 heavy (non-hydrogen) atoms. The summed E-state index contributed by atoms with van der Waals surface area (Å²) >= 11 is 4.50. The minimum absolute atomic E-state index is 0.140. The van der Waals surface area contributed by atoms with Crippen molar-refractivity contribution in [2.24, 2.45) is 10.1 Å². The maximum Gasteiger partial charge on any atom is 0.338 e. The summed E-state index contributed by atoms with van der Waals surface area (Å²) in [6, 6.07) is 12.6. The molecule has 11 heteroatoms. The largest absolute Gasteiger partial charge is 0.478 e. The molecule has 2 heterocycles. The molecule has 0 spiro atoms. The van der Waals surface area contributed by atoms with Gasteiger partial charge in [-0.3, -0.25) is 15.1 Å². The van der Waals surface area contributed by atoms with Crippen LogP contribution in [0.25, 0.3) is 0 Å². The molecule has 4 rings (SSSR count). The van der Waals surface area contributed by atoms with Gasteiger partial charge in [0.15, 0.2) is 10.2 Å². The molecule has 2 aromatic carbocycles. The number of nitrogens with one attached hydrogen (secondary N) is 1. The van der Waals surface area contributed by atoms with Crippen LogP contribution in [0.3, 0.4) is 0 Å². The van der Waals surface area contributed by atoms with Gasteiger partial charge >= 0.3 is 11.9 Å². The third-order valence-corrected chi connectivity index (χ3v) is 6.54. The van der Waals surface area contributed by atoms with Gasteiger partial charge in [0.1, 0.15) is 0 Å². The number of thioether (sulfide) groups is 1. The van der Waals surface area contributed by atoms with Gasteiger partial charge in [0.05, 0.1) is 35.2 Å². The van der Waals surface area contributed by atoms with E-state index in [2.05, 4.69) is 31.4 Å². The molecule has 2 N–H and O–H groups in total. The van der Waals surface area contributed by atoms with Gasteiger partial charge in [-0.15, -0.1) is 0 Å². The number of anilines is 1. The molecule has 0 bridgehead atoms. The number of amides is 1. The van der Waals surface area contributed by atoms with Gasteiger partial charge < -0.3 is 9.84 Å². The number of benzene rings is 2. The molecule has 2 aliphatic rings. The van der Waals surface area contributed by atoms with Crippen LogP contribution in [0.4, 0.5) is 5.69 Å². The number of carboxylic acids is 1. The maximum atomic E-state index is 13.4. The van der Waals surface area contributed by atoms with E-state index in [1.807, 2.05) is 24.3 Å². The number of allylic oxidation sites excluding steroid dienone is 1. The number of nitrogens with zero attached hydrogens (tertiary/aromatic N) is 3. The van der Waals surface area contributed by atoms with E-state index in [1.54, 1.807) is 26.0 Å². The van der Waals surface area contributed by atoms with Crippen LogP contribution in [-0.2, 0) is 14.3 Å². The van der Waals surface area contributed by atoms with E-state index in [0.717, 1.165) is 21.8 Å². The van der Waals surface area contributed by atoms with Crippen LogP contribution in [0.2, 0.25) is 0 Å². The van der Waals surface area contributed by atoms with Crippen LogP contribution in [0.5, 0.6) is 0 Å². The molecular formula is C23H19BrN4O5S. The first kappa shape index (κ1) is 23.7. The smallest absolute Gasteiger partial charge is 0.338 e. The van der Waals surface area contributed by atoms with Crippen LogP contribution >= 0.6 is 27.7 Å². The number of amidine groups is 1. The van der Waals surface area contributed by atoms with Crippen molar-refractivity contribution in [2.75, 3.05) is 12.0 Å². The van der Waals surface area contributed by atoms with E-state index < -0.39 is 23.9 Å². The first-order chi connectivity index (χ1) is 16.3. The second-order valence-electron chi connectivity index (χ2n) is 7.26. The summed E-state index contributed by atoms with van der Waals surface area (Å²) in [6.07, 6.45) is 0. The Morgan fingerprint density at radius 2 is 1.88 bits per heavy atom. The van der Waals surface area contributed by atoms with Gasteiger partial charge in [0, 0.05) is 4.47 Å². The van der Waals surface area contributed by atoms with Crippen molar-refractivity contribution in [3.8, 4) is 0 Å². The van der Waals surface area contributed by atoms with E-state index in [-0.39, 0.29) is 17.2 Å². The molecule has 2 aliphatic heterocycles. The summed E-state index contributed by atoms with van der Waals surface area (Å²) in [6.45, 7) is 3.63. The standard InChI is InChI=1S/C23H19BrN4O5S/c1-3-33-22(32)17-12(2)25-23-28(18(17)13-4-8-15(24)9-5-13)20(29)19(34-23)27-26-16-10-6-14(7-11-16)21(30)31/h4-11,18,26H,3H2,1-2H3,(H,30,31). The fraction of sp³-hybridized carbons (Fsp3) is 0.174. The highest BCUT2D eigenvalue weighted by Gasteiger charge is 2.46. The van der Waals surface area contributed by atoms with Gasteiger partial charge in [0.2, 0.25) is 0 Å². The number of carbonyl (C=O) groups excluding carboxylic acids is 2. The predicted octanol–water partition coefficient (Wildman–Crippen LogP) is 4.40. The van der Waals surface area contributed by atoms with Crippen LogP contribution in [-0.4, -0.2) is 44.7 Å². The van der Waals surface area contributed by atoms with E-state index >= 15 is 0 Å². The van der Waals surface area contributed by atoms with Gasteiger partial charge in [-0.1, -0.05) is 28.1 Å². The maximum absolute atomic E-state index is 13.4. The summed E-state index contributed by atoms with van der Waals surface area (Å²) < 4.78 is 6.13. The Labute approximate surface area is 207 Å². The number of hydrazone groups is 1. The fourth-order valence-corrected chi connectivity index (χ4v) is 4.69. The van der Waals surface area contributed by atoms with Gasteiger partial charge in [-0.25, -0.2) is 14.6 Å². The van der Waals surface area contributed by atoms with Crippen molar-refractivity contribution < 1.29 is 24.2 Å². The number of rotatable bonds is 6. The lowest BCUT2D eigenvalue weighted by molar-refractivity contribution is -0.139. The first-order valence-corrected chi connectivity index (χ1v) is 11.8. The Morgan fingerprint density at radius 1 is 1.21 bits per heavy atom. The van der Waals surface area contributed by atoms with Crippen LogP contribution in [0.15, 0.2) is 74.4 Å². The Kier molecular flexibility index (Phi) is 6.85. The Hall–Kier alpha value is -3.44. The van der Waals surface area contributed by atoms with Crippen LogP contribution < -0.4 is 5.43 Å². The monoisotopic (exact) mass is 542 g/mol. The number of carbonyl (C=O) groups is 3. The highest BCUT2D eigenvalue weighted by molar-refractivity contribution is 9.10. The number of hydrogen-bond acceptors (Lipinski definition) is 8. The number of aliphatic imine (C=N–C) groups is 1. The topological polar surface area (TPSA) is 121 Å². The molecular weight excluding hydrogens is 524 g/mol. The third kappa shape index (κ3) is 4.62. The summed E-state index contributed by atoms with van der Waals surface area (Å²) in [4.78, 5) is 43.2. The number of esters is 1. The summed E-state index contributed by atoms with van der Waals surface area (Å²) in [7, 11) is 0. The summed E-state index contributed by atoms with van der Waals surface area (Å²) in [5, 5.41) is 13.8. The van der Waals surface area contributed by atoms with Gasteiger partial charge in [0.25, 0.3) is 5.91 Å². The number of halogens is 1. The molecule has 0 aromatic heterocycles. The Balaban J connectivity index is 1.67. The van der Waals surface area contributed by atoms with Crippen LogP contribution in [0, 0.1) is 0 Å². The average Bonchev–Trinajstić information content (AvgIpc) is 3.12. The molecule has 0 aliphatic carbocycles. The molecule has 0 radical (unpaired) electrons. The third-order valence-electron chi connectivity index (χ3n) is 5.08. The zero-order chi connectivity index (χ0) is 24.4. The Morgan fingerprint density at radius 3 is 2.50 bits per heavy atom. The predicted molar refractivity (Wildman–Crippen MR) is 133 cm³/mol. The molecule has 9 nitrogen and oxygen atoms in total. The molecule has 0 saturated carbocycles. The van der Waals surface area contributed by atoms with Crippen molar-refractivity contribution in [3.05, 3.63) is 75.4 Å². The molecule has 174 valence electrons. The van der Waals surface area contributed by atoms with Gasteiger partial charge in [-0.05, 0) is 67.6 Å². The highest BCUT2D eigenvalue weighted by Crippen LogP contribution is 2.42. The van der Waals surface area contributed by atoms with Gasteiger partial charge in [-0.2, -0.15) is 5.10 Å². The van der Waals surface area contributed by atoms with Crippen molar-refractivity contribution in [1.82, 2.24) is 4.90 Å². The molecule has 1 atom stereocenters. The van der Waals surface area contributed by atoms with Crippen molar-refractivity contribution in [3.63, 3.8) is 0 Å². The van der Waals surface area contributed by atoms with Crippen molar-refractivity contribution >= 4 is 61.4 Å². The molecule has 1 saturated heterocycles. The van der Waals surface area contributed by atoms with Crippen LogP contribution in [0.1, 0.15) is 35.8 Å². The van der Waals surface area contributed by atoms with E-state index in [4.69, 9.17) is 9.84 Å². The summed E-state index contributed by atoms with van der Waals surface area (Å²) in [5.74, 6) is -1.98. The SMILES string of the molecule is CCOC(=O)C1=C(C)N=C2SC(=NNc3ccc(C(=O)O)cc3)C(=O)N2C1c1ccc(Br)cc1. The summed E-state index contributed by atoms with van der Waals surface area (Å²) in [5.41, 5.74) is 4.93. The second-order valence-corrected chi connectivity index (χ2v) is 9.13. The lowest BCUT2D eigenvalue weighted by Crippen LogP contribution is -2.40. The molecule has 2 aromatic rings. The number of fused-ring (bicyclic) bond motifs is 1. The van der Waals surface area contributed by atoms with E-state index in [9.17, 15) is 14.4 Å². The van der Waals surface area contributed by atoms with Crippen molar-refractivity contribution in [1.29, 1.82) is 0 Å². The van der Waals surface area contributed by atoms with E-state index in [1.165, 1.54) is 17.0 Å². The van der Waals surface area contributed by atoms with E-state index in [0.29, 0.717) is 22.1 Å². The Bertz CT molecular complexity index is 1260. The van der Waals surface area contributed by atoms with Crippen molar-refractivity contribution in [2.45, 2.75) is 19.9 Å². The zero-order valence-corrected chi connectivity index (χ0v) is 20.5. The minimum Gasteiger partial charge on any atom is -0.478 e. The zero-order valence-electron chi connectivity index (χ0n) is 18.1. The number of aromatic carboxylic acids is 1. The lowest BCUT2D eigenvalue weighted by atomic mass is 9.94. The fourth-order valence-electron chi connectivity index (χ4n) is 3.51. The minimum atomic E-state index is -1.03. The second kappa shape index (κ2) is 9.82. The average molecular weight is 543 g/mol. The first-order valence-electron chi connectivity index (χ1n) is 10.2. The highest BCUT2D eigenvalue weighted by atomic mass is 79.9. The normalized spacial score (nSPS) is 18.6. The number of ether oxygens (including phenoxy) is 1. The molecule has 1 fully saturated rings. The molecule has 1 unspecified atom stereocenters.